The molecule has 8 N–H and O–H groups in total. The molecular formula is C4H10LiNO7. The largest absolute Gasteiger partial charge is 1.00 e. The van der Waals surface area contributed by atoms with Gasteiger partial charge < -0.3 is 41.6 Å². The molecule has 0 bridgehead atoms. The minimum absolute atomic E-state index is 0. The molecule has 8 nitrogen and oxygen atoms in total. The summed E-state index contributed by atoms with van der Waals surface area (Å²) in [5.74, 6) is -4.12. The van der Waals surface area contributed by atoms with Crippen molar-refractivity contribution in [1.82, 2.24) is 6.15 Å². The van der Waals surface area contributed by atoms with E-state index in [-0.39, 0.29) is 30.5 Å². The van der Waals surface area contributed by atoms with Crippen LogP contribution in [0.15, 0.2) is 0 Å². The molecule has 13 heavy (non-hydrogen) atoms. The molecule has 74 valence electrons. The van der Waals surface area contributed by atoms with Crippen molar-refractivity contribution >= 4 is 11.9 Å². The van der Waals surface area contributed by atoms with E-state index in [1.165, 1.54) is 0 Å². The Kier molecular flexibility index (Phi) is 16.6. The number of aliphatic hydroxyl groups excluding tert-OH is 2. The van der Waals surface area contributed by atoms with E-state index in [1.54, 1.807) is 0 Å². The molecule has 0 heterocycles. The van der Waals surface area contributed by atoms with E-state index < -0.39 is 24.1 Å². The number of aliphatic carboxylic acids is 2. The Morgan fingerprint density at radius 2 is 1.15 bits per heavy atom. The Labute approximate surface area is 85.2 Å². The zero-order valence-electron chi connectivity index (χ0n) is 7.18. The van der Waals surface area contributed by atoms with Crippen LogP contribution in [0.5, 0.6) is 0 Å². The maximum absolute atomic E-state index is 9.63. The molecule has 0 rings (SSSR count). The average molecular weight is 191 g/mol. The molecular weight excluding hydrogens is 181 g/mol. The van der Waals surface area contributed by atoms with Crippen LogP contribution in [0.4, 0.5) is 0 Å². The maximum Gasteiger partial charge on any atom is 1.00 e. The number of aliphatic hydroxyl groups is 2. The van der Waals surface area contributed by atoms with Crippen LogP contribution in [0.2, 0.25) is 0 Å². The number of carboxylic acids is 2. The minimum atomic E-state index is -2.44. The van der Waals surface area contributed by atoms with Crippen molar-refractivity contribution in [3.05, 3.63) is 0 Å². The third-order valence-electron chi connectivity index (χ3n) is 0.782. The van der Waals surface area contributed by atoms with Crippen LogP contribution in [-0.2, 0) is 9.59 Å². The van der Waals surface area contributed by atoms with Crippen LogP contribution < -0.4 is 35.2 Å². The second kappa shape index (κ2) is 9.47. The van der Waals surface area contributed by atoms with Crippen molar-refractivity contribution < 1.29 is 54.4 Å². The number of carboxylic acid groups (broad SMARTS) is 2. The van der Waals surface area contributed by atoms with E-state index in [0.29, 0.717) is 0 Å². The van der Waals surface area contributed by atoms with Gasteiger partial charge in [0.05, 0.1) is 11.9 Å². The summed E-state index contributed by atoms with van der Waals surface area (Å²) < 4.78 is 0. The van der Waals surface area contributed by atoms with Gasteiger partial charge >= 0.3 is 18.9 Å². The van der Waals surface area contributed by atoms with E-state index in [1.807, 2.05) is 0 Å². The predicted octanol–water partition coefficient (Wildman–Crippen LogP) is -8.24. The van der Waals surface area contributed by atoms with Crippen LogP contribution in [0.3, 0.4) is 0 Å². The number of hydrogen-bond acceptors (Lipinski definition) is 6. The van der Waals surface area contributed by atoms with Crippen LogP contribution in [0.25, 0.3) is 0 Å². The number of quaternary nitrogens is 1. The summed E-state index contributed by atoms with van der Waals surface area (Å²) in [4.78, 5) is 19.3. The Hall–Kier alpha value is -0.623. The fourth-order valence-electron chi connectivity index (χ4n) is 0.258. The number of hydrogen-bond donors (Lipinski definition) is 3. The second-order valence-corrected chi connectivity index (χ2v) is 1.53. The summed E-state index contributed by atoms with van der Waals surface area (Å²) in [5, 5.41) is 35.7. The Morgan fingerprint density at radius 1 is 1.00 bits per heavy atom. The van der Waals surface area contributed by atoms with E-state index in [9.17, 15) is 19.8 Å². The molecule has 0 aliphatic heterocycles. The first kappa shape index (κ1) is 22.8. The molecule has 0 aromatic rings. The second-order valence-electron chi connectivity index (χ2n) is 1.53. The standard InChI is InChI=1S/C4H6O6.Li.H3N.H2O/c5-1(3(7)8)2(6)4(9)10;;;/h1-2,5-6H,(H,7,8)(H,9,10);;1H3;1H2/q;+1;;/p-1. The monoisotopic (exact) mass is 191 g/mol. The van der Waals surface area contributed by atoms with Gasteiger partial charge in [-0.15, -0.1) is 0 Å². The average Bonchev–Trinajstić information content (AvgIpc) is 1.84. The summed E-state index contributed by atoms with van der Waals surface area (Å²) in [6.07, 6.45) is -4.88. The molecule has 0 aliphatic carbocycles. The normalized spacial score (nSPS) is 12.2. The third-order valence-corrected chi connectivity index (χ3v) is 0.782. The van der Waals surface area contributed by atoms with E-state index >= 15 is 0 Å². The molecule has 0 aromatic carbocycles. The molecule has 2 atom stereocenters. The summed E-state index contributed by atoms with van der Waals surface area (Å²) in [7, 11) is 0. The van der Waals surface area contributed by atoms with Gasteiger partial charge in [-0.2, -0.15) is 0 Å². The molecule has 0 saturated carbocycles. The van der Waals surface area contributed by atoms with Gasteiger partial charge in [0.1, 0.15) is 12.2 Å². The first-order valence-corrected chi connectivity index (χ1v) is 2.24. The van der Waals surface area contributed by atoms with Crippen molar-refractivity contribution in [2.75, 3.05) is 0 Å². The van der Waals surface area contributed by atoms with Crippen molar-refractivity contribution in [1.29, 1.82) is 0 Å². The van der Waals surface area contributed by atoms with E-state index in [4.69, 9.17) is 10.2 Å². The van der Waals surface area contributed by atoms with Crippen LogP contribution in [0, 0.1) is 0 Å². The molecule has 2 unspecified atom stereocenters. The van der Waals surface area contributed by atoms with Crippen LogP contribution >= 0.6 is 0 Å². The summed E-state index contributed by atoms with van der Waals surface area (Å²) in [6.45, 7) is 0. The SMILES string of the molecule is O.O=C([O-])C(O)C(O)C(=O)[O-].[Li+].[NH4+]. The van der Waals surface area contributed by atoms with Gasteiger partial charge in [0.25, 0.3) is 0 Å². The molecule has 0 aliphatic rings. The molecule has 0 radical (unpaired) electrons. The van der Waals surface area contributed by atoms with Crippen molar-refractivity contribution in [3.8, 4) is 0 Å². The van der Waals surface area contributed by atoms with Gasteiger partial charge in [0.15, 0.2) is 0 Å². The molecule has 0 aromatic heterocycles. The third kappa shape index (κ3) is 7.73. The number of carbonyl (C=O) groups is 2. The molecule has 0 spiro atoms. The fourth-order valence-corrected chi connectivity index (χ4v) is 0.258. The summed E-state index contributed by atoms with van der Waals surface area (Å²) >= 11 is 0. The Morgan fingerprint density at radius 3 is 1.23 bits per heavy atom. The smallest absolute Gasteiger partial charge is 0.547 e. The Bertz CT molecular complexity index is 145. The molecule has 0 amide bonds. The van der Waals surface area contributed by atoms with E-state index in [2.05, 4.69) is 0 Å². The minimum Gasteiger partial charge on any atom is -0.547 e. The van der Waals surface area contributed by atoms with Gasteiger partial charge in [0.2, 0.25) is 0 Å². The first-order chi connectivity index (χ1) is 4.46. The fraction of sp³-hybridized carbons (Fsp3) is 0.500. The summed E-state index contributed by atoms with van der Waals surface area (Å²) in [6, 6.07) is 0. The zero-order chi connectivity index (χ0) is 8.31. The van der Waals surface area contributed by atoms with Crippen molar-refractivity contribution in [3.63, 3.8) is 0 Å². The van der Waals surface area contributed by atoms with Crippen molar-refractivity contribution in [2.45, 2.75) is 12.2 Å². The first-order valence-electron chi connectivity index (χ1n) is 2.24. The maximum atomic E-state index is 9.63. The van der Waals surface area contributed by atoms with Crippen LogP contribution in [0.1, 0.15) is 0 Å². The van der Waals surface area contributed by atoms with Gasteiger partial charge in [-0.1, -0.05) is 0 Å². The van der Waals surface area contributed by atoms with Gasteiger partial charge in [-0.3, -0.25) is 0 Å². The predicted molar refractivity (Wildman–Crippen MR) is 31.6 cm³/mol. The number of rotatable bonds is 3. The van der Waals surface area contributed by atoms with Crippen molar-refractivity contribution in [2.24, 2.45) is 0 Å². The van der Waals surface area contributed by atoms with Gasteiger partial charge in [-0.05, 0) is 0 Å². The molecule has 0 saturated heterocycles. The molecule has 0 fully saturated rings. The van der Waals surface area contributed by atoms with E-state index in [0.717, 1.165) is 0 Å². The van der Waals surface area contributed by atoms with Gasteiger partial charge in [-0.25, -0.2) is 0 Å². The van der Waals surface area contributed by atoms with Gasteiger partial charge in [0, 0.05) is 0 Å². The summed E-state index contributed by atoms with van der Waals surface area (Å²) in [5.41, 5.74) is 0. The van der Waals surface area contributed by atoms with Crippen LogP contribution in [-0.4, -0.2) is 39.8 Å². The molecule has 9 heteroatoms. The topological polar surface area (TPSA) is 189 Å². The number of carbonyl (C=O) groups excluding carboxylic acids is 2. The zero-order valence-corrected chi connectivity index (χ0v) is 7.18. The Balaban J connectivity index is -0.000000135. The quantitative estimate of drug-likeness (QED) is 0.371.